The molecule has 2 atom stereocenters. The van der Waals surface area contributed by atoms with Crippen LogP contribution in [-0.4, -0.2) is 12.2 Å². The average molecular weight is 257 g/mol. The van der Waals surface area contributed by atoms with Crippen LogP contribution in [0, 0.1) is 23.2 Å². The first-order valence-corrected chi connectivity index (χ1v) is 7.15. The zero-order valence-corrected chi connectivity index (χ0v) is 11.9. The average Bonchev–Trinajstić information content (AvgIpc) is 2.38. The Balaban J connectivity index is 2.05. The van der Waals surface area contributed by atoms with Crippen molar-refractivity contribution in [3.63, 3.8) is 0 Å². The molecule has 1 saturated heterocycles. The quantitative estimate of drug-likeness (QED) is 0.817. The van der Waals surface area contributed by atoms with Gasteiger partial charge in [-0.05, 0) is 50.5 Å². The third-order valence-electron chi connectivity index (χ3n) is 4.10. The molecule has 1 aromatic rings. The summed E-state index contributed by atoms with van der Waals surface area (Å²) in [6, 6.07) is 12.9. The van der Waals surface area contributed by atoms with E-state index in [-0.39, 0.29) is 5.60 Å². The number of nitrogens with zero attached hydrogens (tertiary/aromatic N) is 1. The standard InChI is InChI=1S/C17H23NO/c1-17(2)13-16(9-11-19-17)15(8-10-18)12-14-6-4-3-5-7-14/h3-7,15-16H,8-9,11-13H2,1-2H3/t15-,16+/m0/s1. The van der Waals surface area contributed by atoms with Crippen molar-refractivity contribution < 1.29 is 4.74 Å². The van der Waals surface area contributed by atoms with Crippen molar-refractivity contribution in [1.29, 1.82) is 5.26 Å². The second-order valence-electron chi connectivity index (χ2n) is 6.17. The molecule has 0 bridgehead atoms. The minimum absolute atomic E-state index is 0.0344. The summed E-state index contributed by atoms with van der Waals surface area (Å²) in [5.41, 5.74) is 1.31. The van der Waals surface area contributed by atoms with Gasteiger partial charge in [0.1, 0.15) is 0 Å². The van der Waals surface area contributed by atoms with Crippen molar-refractivity contribution in [3.05, 3.63) is 35.9 Å². The molecule has 2 nitrogen and oxygen atoms in total. The first-order valence-electron chi connectivity index (χ1n) is 7.15. The molecule has 0 aliphatic carbocycles. The van der Waals surface area contributed by atoms with Gasteiger partial charge in [0.25, 0.3) is 0 Å². The van der Waals surface area contributed by atoms with Crippen LogP contribution in [0.3, 0.4) is 0 Å². The van der Waals surface area contributed by atoms with Gasteiger partial charge in [0, 0.05) is 13.0 Å². The maximum Gasteiger partial charge on any atom is 0.0629 e. The van der Waals surface area contributed by atoms with Crippen LogP contribution >= 0.6 is 0 Å². The number of ether oxygens (including phenoxy) is 1. The second kappa shape index (κ2) is 6.21. The Morgan fingerprint density at radius 2 is 2.11 bits per heavy atom. The summed E-state index contributed by atoms with van der Waals surface area (Å²) in [6.45, 7) is 5.14. The van der Waals surface area contributed by atoms with Gasteiger partial charge in [0.05, 0.1) is 11.7 Å². The van der Waals surface area contributed by atoms with E-state index < -0.39 is 0 Å². The summed E-state index contributed by atoms with van der Waals surface area (Å²) in [4.78, 5) is 0. The molecule has 2 heteroatoms. The first-order chi connectivity index (χ1) is 9.11. The molecule has 102 valence electrons. The smallest absolute Gasteiger partial charge is 0.0629 e. The molecule has 1 heterocycles. The Labute approximate surface area is 116 Å². The molecule has 0 amide bonds. The molecule has 1 fully saturated rings. The zero-order chi connectivity index (χ0) is 13.7. The Kier molecular flexibility index (Phi) is 4.61. The fourth-order valence-electron chi connectivity index (χ4n) is 3.12. The third-order valence-corrected chi connectivity index (χ3v) is 4.10. The number of benzene rings is 1. The van der Waals surface area contributed by atoms with Gasteiger partial charge in [-0.3, -0.25) is 0 Å². The number of nitriles is 1. The van der Waals surface area contributed by atoms with Crippen molar-refractivity contribution in [2.45, 2.75) is 45.1 Å². The van der Waals surface area contributed by atoms with Crippen molar-refractivity contribution in [1.82, 2.24) is 0 Å². The topological polar surface area (TPSA) is 33.0 Å². The molecule has 19 heavy (non-hydrogen) atoms. The van der Waals surface area contributed by atoms with Crippen LogP contribution in [0.25, 0.3) is 0 Å². The lowest BCUT2D eigenvalue weighted by Gasteiger charge is -2.38. The Morgan fingerprint density at radius 3 is 2.74 bits per heavy atom. The lowest BCUT2D eigenvalue weighted by atomic mass is 9.76. The van der Waals surface area contributed by atoms with Crippen molar-refractivity contribution >= 4 is 0 Å². The molecule has 0 N–H and O–H groups in total. The molecule has 1 aliphatic heterocycles. The minimum atomic E-state index is -0.0344. The third kappa shape index (κ3) is 4.08. The number of hydrogen-bond acceptors (Lipinski definition) is 2. The van der Waals surface area contributed by atoms with Gasteiger partial charge in [0.15, 0.2) is 0 Å². The highest BCUT2D eigenvalue weighted by Crippen LogP contribution is 2.36. The maximum absolute atomic E-state index is 9.09. The van der Waals surface area contributed by atoms with Crippen LogP contribution in [0.1, 0.15) is 38.7 Å². The summed E-state index contributed by atoms with van der Waals surface area (Å²) >= 11 is 0. The molecule has 0 saturated carbocycles. The highest BCUT2D eigenvalue weighted by molar-refractivity contribution is 5.15. The SMILES string of the molecule is CC1(C)C[C@H]([C@@H](CC#N)Cc2ccccc2)CCO1. The fourth-order valence-corrected chi connectivity index (χ4v) is 3.12. The first kappa shape index (κ1) is 14.1. The largest absolute Gasteiger partial charge is 0.376 e. The molecule has 0 spiro atoms. The fraction of sp³-hybridized carbons (Fsp3) is 0.588. The van der Waals surface area contributed by atoms with Crippen LogP contribution in [0.2, 0.25) is 0 Å². The lowest BCUT2D eigenvalue weighted by molar-refractivity contribution is -0.0821. The zero-order valence-electron chi connectivity index (χ0n) is 11.9. The van der Waals surface area contributed by atoms with E-state index in [1.54, 1.807) is 0 Å². The van der Waals surface area contributed by atoms with Crippen molar-refractivity contribution in [2.75, 3.05) is 6.61 Å². The predicted molar refractivity (Wildman–Crippen MR) is 76.6 cm³/mol. The summed E-state index contributed by atoms with van der Waals surface area (Å²) in [6.07, 6.45) is 3.81. The predicted octanol–water partition coefficient (Wildman–Crippen LogP) is 3.96. The number of rotatable bonds is 4. The van der Waals surface area contributed by atoms with Crippen LogP contribution < -0.4 is 0 Å². The molecule has 1 aromatic carbocycles. The van der Waals surface area contributed by atoms with E-state index >= 15 is 0 Å². The lowest BCUT2D eigenvalue weighted by Crippen LogP contribution is -2.37. The van der Waals surface area contributed by atoms with E-state index in [0.717, 1.165) is 25.9 Å². The molecule has 2 rings (SSSR count). The number of hydrogen-bond donors (Lipinski definition) is 0. The highest BCUT2D eigenvalue weighted by atomic mass is 16.5. The van der Waals surface area contributed by atoms with Crippen LogP contribution in [0.4, 0.5) is 0 Å². The second-order valence-corrected chi connectivity index (χ2v) is 6.17. The maximum atomic E-state index is 9.09. The Bertz CT molecular complexity index is 432. The Morgan fingerprint density at radius 1 is 1.37 bits per heavy atom. The van der Waals surface area contributed by atoms with Gasteiger partial charge in [0.2, 0.25) is 0 Å². The van der Waals surface area contributed by atoms with Gasteiger partial charge in [-0.2, -0.15) is 5.26 Å². The summed E-state index contributed by atoms with van der Waals surface area (Å²) < 4.78 is 5.79. The van der Waals surface area contributed by atoms with Crippen LogP contribution in [-0.2, 0) is 11.2 Å². The summed E-state index contributed by atoms with van der Waals surface area (Å²) in [5, 5.41) is 9.09. The minimum Gasteiger partial charge on any atom is -0.376 e. The molecule has 0 unspecified atom stereocenters. The van der Waals surface area contributed by atoms with Crippen molar-refractivity contribution in [3.8, 4) is 6.07 Å². The van der Waals surface area contributed by atoms with Gasteiger partial charge >= 0.3 is 0 Å². The summed E-state index contributed by atoms with van der Waals surface area (Å²) in [7, 11) is 0. The van der Waals surface area contributed by atoms with E-state index in [4.69, 9.17) is 10.00 Å². The van der Waals surface area contributed by atoms with E-state index in [1.165, 1.54) is 5.56 Å². The van der Waals surface area contributed by atoms with Gasteiger partial charge in [-0.25, -0.2) is 0 Å². The van der Waals surface area contributed by atoms with E-state index in [1.807, 2.05) is 6.07 Å². The van der Waals surface area contributed by atoms with Crippen molar-refractivity contribution in [2.24, 2.45) is 11.8 Å². The molecule has 0 aromatic heterocycles. The van der Waals surface area contributed by atoms with E-state index in [0.29, 0.717) is 18.3 Å². The molecule has 0 radical (unpaired) electrons. The van der Waals surface area contributed by atoms with E-state index in [9.17, 15) is 0 Å². The van der Waals surface area contributed by atoms with Gasteiger partial charge in [-0.15, -0.1) is 0 Å². The van der Waals surface area contributed by atoms with Gasteiger partial charge in [-0.1, -0.05) is 30.3 Å². The van der Waals surface area contributed by atoms with Gasteiger partial charge < -0.3 is 4.74 Å². The highest BCUT2D eigenvalue weighted by Gasteiger charge is 2.33. The van der Waals surface area contributed by atoms with Crippen LogP contribution in [0.5, 0.6) is 0 Å². The molecular formula is C17H23NO. The monoisotopic (exact) mass is 257 g/mol. The Hall–Kier alpha value is -1.33. The molecule has 1 aliphatic rings. The summed E-state index contributed by atoms with van der Waals surface area (Å²) in [5.74, 6) is 1.05. The molecular weight excluding hydrogens is 234 g/mol. The van der Waals surface area contributed by atoms with Crippen LogP contribution in [0.15, 0.2) is 30.3 Å². The normalized spacial score (nSPS) is 23.5. The van der Waals surface area contributed by atoms with E-state index in [2.05, 4.69) is 44.2 Å².